The van der Waals surface area contributed by atoms with E-state index in [2.05, 4.69) is 45.8 Å². The van der Waals surface area contributed by atoms with Crippen LogP contribution in [0.15, 0.2) is 0 Å². The van der Waals surface area contributed by atoms with Crippen molar-refractivity contribution in [2.75, 3.05) is 19.4 Å². The molecule has 0 aliphatic heterocycles. The standard InChI is InChI=1S/C17H40O6Si3/c1-11-15(2)17(18)21-16(3)20-13-12-19-14-25(7,8)23-26(9,10)22-24(4,5)6/h15-16H,11-14H2,1-10H3. The van der Waals surface area contributed by atoms with Crippen LogP contribution >= 0.6 is 0 Å². The van der Waals surface area contributed by atoms with E-state index in [9.17, 15) is 4.79 Å². The predicted octanol–water partition coefficient (Wildman–Crippen LogP) is 4.27. The van der Waals surface area contributed by atoms with Crippen LogP contribution in [0, 0.1) is 5.92 Å². The molecule has 0 aliphatic rings. The summed E-state index contributed by atoms with van der Waals surface area (Å²) in [6.07, 6.45) is 0.788. The van der Waals surface area contributed by atoms with E-state index in [1.807, 2.05) is 13.8 Å². The summed E-state index contributed by atoms with van der Waals surface area (Å²) in [7, 11) is -5.72. The summed E-state index contributed by atoms with van der Waals surface area (Å²) >= 11 is 0. The van der Waals surface area contributed by atoms with Gasteiger partial charge in [-0.05, 0) is 59.2 Å². The monoisotopic (exact) mass is 424 g/mol. The molecule has 26 heavy (non-hydrogen) atoms. The van der Waals surface area contributed by atoms with Crippen molar-refractivity contribution in [1.29, 1.82) is 0 Å². The SMILES string of the molecule is CCC(C)C(=O)OC(C)OCCOC[Si](C)(C)O[Si](C)(C)O[Si](C)(C)C. The Morgan fingerprint density at radius 2 is 1.50 bits per heavy atom. The Morgan fingerprint density at radius 3 is 2.00 bits per heavy atom. The number of carbonyl (C=O) groups excluding carboxylic acids is 1. The first-order chi connectivity index (χ1) is 11.7. The van der Waals surface area contributed by atoms with Crippen LogP contribution in [0.4, 0.5) is 0 Å². The van der Waals surface area contributed by atoms with Gasteiger partial charge in [-0.3, -0.25) is 4.79 Å². The van der Waals surface area contributed by atoms with Crippen LogP contribution in [0.3, 0.4) is 0 Å². The Bertz CT molecular complexity index is 423. The smallest absolute Gasteiger partial charge is 0.311 e. The Balaban J connectivity index is 4.10. The molecule has 0 heterocycles. The van der Waals surface area contributed by atoms with Crippen molar-refractivity contribution in [3.8, 4) is 0 Å². The molecule has 0 bridgehead atoms. The number of carbonyl (C=O) groups is 1. The first-order valence-electron chi connectivity index (χ1n) is 9.47. The number of ether oxygens (including phenoxy) is 3. The minimum Gasteiger partial charge on any atom is -0.437 e. The van der Waals surface area contributed by atoms with Crippen molar-refractivity contribution in [3.05, 3.63) is 0 Å². The van der Waals surface area contributed by atoms with Crippen LogP contribution < -0.4 is 0 Å². The molecule has 0 saturated heterocycles. The highest BCUT2D eigenvalue weighted by atomic mass is 28.5. The van der Waals surface area contributed by atoms with Gasteiger partial charge in [-0.15, -0.1) is 0 Å². The molecular weight excluding hydrogens is 384 g/mol. The zero-order valence-electron chi connectivity index (χ0n) is 18.4. The fourth-order valence-corrected chi connectivity index (χ4v) is 15.2. The van der Waals surface area contributed by atoms with E-state index in [1.165, 1.54) is 0 Å². The summed E-state index contributed by atoms with van der Waals surface area (Å²) in [6.45, 7) is 21.4. The Labute approximate surface area is 163 Å². The lowest BCUT2D eigenvalue weighted by atomic mass is 10.1. The zero-order chi connectivity index (χ0) is 20.6. The molecule has 9 heteroatoms. The molecule has 2 unspecified atom stereocenters. The third kappa shape index (κ3) is 13.2. The van der Waals surface area contributed by atoms with E-state index >= 15 is 0 Å². The average molecular weight is 425 g/mol. The molecule has 0 aromatic rings. The van der Waals surface area contributed by atoms with E-state index in [0.717, 1.165) is 6.42 Å². The molecule has 0 aliphatic carbocycles. The van der Waals surface area contributed by atoms with Gasteiger partial charge in [-0.25, -0.2) is 0 Å². The van der Waals surface area contributed by atoms with Gasteiger partial charge in [-0.2, -0.15) is 0 Å². The molecule has 6 nitrogen and oxygen atoms in total. The van der Waals surface area contributed by atoms with E-state index in [-0.39, 0.29) is 11.9 Å². The van der Waals surface area contributed by atoms with Gasteiger partial charge in [0.05, 0.1) is 25.4 Å². The molecule has 2 atom stereocenters. The van der Waals surface area contributed by atoms with Crippen LogP contribution in [0.1, 0.15) is 27.2 Å². The summed E-state index contributed by atoms with van der Waals surface area (Å²) in [4.78, 5) is 11.7. The van der Waals surface area contributed by atoms with Crippen molar-refractivity contribution in [2.45, 2.75) is 79.3 Å². The Hall–Kier alpha value is -0.0394. The minimum absolute atomic E-state index is 0.104. The van der Waals surface area contributed by atoms with Crippen molar-refractivity contribution < 1.29 is 27.2 Å². The normalized spacial score (nSPS) is 15.6. The third-order valence-electron chi connectivity index (χ3n) is 3.40. The lowest BCUT2D eigenvalue weighted by Crippen LogP contribution is -2.53. The van der Waals surface area contributed by atoms with E-state index in [4.69, 9.17) is 22.4 Å². The van der Waals surface area contributed by atoms with Gasteiger partial charge < -0.3 is 22.4 Å². The topological polar surface area (TPSA) is 63.2 Å². The van der Waals surface area contributed by atoms with E-state index in [0.29, 0.717) is 19.4 Å². The lowest BCUT2D eigenvalue weighted by molar-refractivity contribution is -0.180. The molecule has 0 spiro atoms. The maximum Gasteiger partial charge on any atom is 0.311 e. The second-order valence-electron chi connectivity index (χ2n) is 8.71. The van der Waals surface area contributed by atoms with Crippen molar-refractivity contribution in [3.63, 3.8) is 0 Å². The van der Waals surface area contributed by atoms with Gasteiger partial charge in [0.15, 0.2) is 14.6 Å². The average Bonchev–Trinajstić information content (AvgIpc) is 2.41. The quantitative estimate of drug-likeness (QED) is 0.190. The Kier molecular flexibility index (Phi) is 11.1. The number of hydrogen-bond donors (Lipinski definition) is 0. The highest BCUT2D eigenvalue weighted by Crippen LogP contribution is 2.20. The van der Waals surface area contributed by atoms with E-state index < -0.39 is 31.5 Å². The molecule has 0 N–H and O–H groups in total. The second kappa shape index (κ2) is 11.1. The van der Waals surface area contributed by atoms with Gasteiger partial charge in [0.25, 0.3) is 0 Å². The highest BCUT2D eigenvalue weighted by molar-refractivity contribution is 6.87. The lowest BCUT2D eigenvalue weighted by Gasteiger charge is -2.37. The third-order valence-corrected chi connectivity index (χ3v) is 12.9. The predicted molar refractivity (Wildman–Crippen MR) is 112 cm³/mol. The second-order valence-corrected chi connectivity index (χ2v) is 21.2. The molecule has 0 saturated carbocycles. The number of hydrogen-bond acceptors (Lipinski definition) is 6. The van der Waals surface area contributed by atoms with Gasteiger partial charge in [0.2, 0.25) is 8.32 Å². The number of rotatable bonds is 13. The molecule has 0 aromatic heterocycles. The maximum atomic E-state index is 11.7. The summed E-state index contributed by atoms with van der Waals surface area (Å²) in [5.74, 6) is -0.329. The molecule has 0 amide bonds. The van der Waals surface area contributed by atoms with Crippen molar-refractivity contribution in [2.24, 2.45) is 5.92 Å². The summed E-state index contributed by atoms with van der Waals surface area (Å²) < 4.78 is 29.1. The van der Waals surface area contributed by atoms with Gasteiger partial charge in [0.1, 0.15) is 0 Å². The summed E-state index contributed by atoms with van der Waals surface area (Å²) in [5.41, 5.74) is 0. The number of esters is 1. The van der Waals surface area contributed by atoms with Crippen LogP contribution in [0.5, 0.6) is 0 Å². The first-order valence-corrected chi connectivity index (χ1v) is 18.8. The van der Waals surface area contributed by atoms with Crippen LogP contribution in [-0.2, 0) is 27.2 Å². The summed E-state index contributed by atoms with van der Waals surface area (Å²) in [6, 6.07) is 0. The van der Waals surface area contributed by atoms with Crippen molar-refractivity contribution in [1.82, 2.24) is 0 Å². The van der Waals surface area contributed by atoms with Crippen LogP contribution in [-0.4, -0.2) is 56.9 Å². The molecule has 0 rings (SSSR count). The first kappa shape index (κ1) is 26.0. The van der Waals surface area contributed by atoms with Gasteiger partial charge in [0, 0.05) is 0 Å². The van der Waals surface area contributed by atoms with E-state index in [1.54, 1.807) is 6.92 Å². The minimum atomic E-state index is -2.14. The fourth-order valence-electron chi connectivity index (χ4n) is 2.52. The largest absolute Gasteiger partial charge is 0.437 e. The molecule has 156 valence electrons. The van der Waals surface area contributed by atoms with Gasteiger partial charge in [-0.1, -0.05) is 13.8 Å². The van der Waals surface area contributed by atoms with Crippen LogP contribution in [0.25, 0.3) is 0 Å². The van der Waals surface area contributed by atoms with Gasteiger partial charge >= 0.3 is 14.5 Å². The van der Waals surface area contributed by atoms with Crippen molar-refractivity contribution >= 4 is 31.2 Å². The van der Waals surface area contributed by atoms with Crippen LogP contribution in [0.2, 0.25) is 45.8 Å². The summed E-state index contributed by atoms with van der Waals surface area (Å²) in [5, 5.41) is 0. The Morgan fingerprint density at radius 1 is 0.923 bits per heavy atom. The molecule has 0 fully saturated rings. The highest BCUT2D eigenvalue weighted by Gasteiger charge is 2.38. The fraction of sp³-hybridized carbons (Fsp3) is 0.941. The molecular formula is C17H40O6Si3. The zero-order valence-corrected chi connectivity index (χ0v) is 21.4. The maximum absolute atomic E-state index is 11.7. The molecule has 0 radical (unpaired) electrons. The molecule has 0 aromatic carbocycles.